The van der Waals surface area contributed by atoms with E-state index in [1.54, 1.807) is 6.07 Å². The second-order valence-electron chi connectivity index (χ2n) is 6.03. The van der Waals surface area contributed by atoms with Gasteiger partial charge in [-0.25, -0.2) is 17.5 Å². The molecule has 0 radical (unpaired) electrons. The van der Waals surface area contributed by atoms with Gasteiger partial charge in [0.1, 0.15) is 5.82 Å². The molecule has 2 aromatic rings. The minimum Gasteiger partial charge on any atom is -0.336 e. The average molecular weight is 462 g/mol. The van der Waals surface area contributed by atoms with E-state index >= 15 is 0 Å². The molecule has 11 heteroatoms. The van der Waals surface area contributed by atoms with Crippen LogP contribution in [0.25, 0.3) is 0 Å². The third-order valence-corrected chi connectivity index (χ3v) is 5.98. The third-order valence-electron chi connectivity index (χ3n) is 3.76. The van der Waals surface area contributed by atoms with E-state index in [-0.39, 0.29) is 29.4 Å². The number of carbonyl (C=O) groups excluding carboxylic acids is 2. The van der Waals surface area contributed by atoms with Crippen molar-refractivity contribution < 1.29 is 22.4 Å². The van der Waals surface area contributed by atoms with Crippen molar-refractivity contribution in [2.75, 3.05) is 25.5 Å². The van der Waals surface area contributed by atoms with Gasteiger partial charge in [0, 0.05) is 25.7 Å². The summed E-state index contributed by atoms with van der Waals surface area (Å²) in [5.74, 6) is -1.44. The molecule has 0 spiro atoms. The van der Waals surface area contributed by atoms with Gasteiger partial charge in [0.05, 0.1) is 21.5 Å². The van der Waals surface area contributed by atoms with E-state index in [1.165, 1.54) is 24.1 Å². The molecule has 0 atom stereocenters. The Morgan fingerprint density at radius 2 is 1.72 bits per heavy atom. The summed E-state index contributed by atoms with van der Waals surface area (Å²) in [6.07, 6.45) is -0.156. The Morgan fingerprint density at radius 1 is 1.07 bits per heavy atom. The summed E-state index contributed by atoms with van der Waals surface area (Å²) in [6.45, 7) is -0.402. The number of carbonyl (C=O) groups is 2. The maximum atomic E-state index is 12.9. The number of rotatable bonds is 8. The fourth-order valence-electron chi connectivity index (χ4n) is 2.26. The van der Waals surface area contributed by atoms with E-state index in [2.05, 4.69) is 10.0 Å². The lowest BCUT2D eigenvalue weighted by molar-refractivity contribution is -0.133. The van der Waals surface area contributed by atoms with Crippen molar-refractivity contribution in [3.63, 3.8) is 0 Å². The topological polar surface area (TPSA) is 95.6 Å². The molecule has 0 fully saturated rings. The Labute approximate surface area is 177 Å². The van der Waals surface area contributed by atoms with Gasteiger partial charge in [-0.05, 0) is 42.5 Å². The smallest absolute Gasteiger partial charge is 0.243 e. The van der Waals surface area contributed by atoms with Crippen molar-refractivity contribution in [2.45, 2.75) is 11.3 Å². The molecular weight excluding hydrogens is 444 g/mol. The minimum atomic E-state index is -3.86. The zero-order valence-electron chi connectivity index (χ0n) is 15.3. The largest absolute Gasteiger partial charge is 0.336 e. The fraction of sp³-hybridized carbons (Fsp3) is 0.222. The molecule has 0 unspecified atom stereocenters. The van der Waals surface area contributed by atoms with Gasteiger partial charge < -0.3 is 10.2 Å². The number of hydrogen-bond donors (Lipinski definition) is 2. The lowest BCUT2D eigenvalue weighted by Crippen LogP contribution is -2.37. The number of halogens is 3. The number of nitrogens with one attached hydrogen (secondary N) is 2. The van der Waals surface area contributed by atoms with Crippen molar-refractivity contribution in [3.05, 3.63) is 58.3 Å². The summed E-state index contributed by atoms with van der Waals surface area (Å²) < 4.78 is 39.3. The van der Waals surface area contributed by atoms with Gasteiger partial charge in [-0.15, -0.1) is 0 Å². The first-order valence-electron chi connectivity index (χ1n) is 8.32. The number of sulfonamides is 1. The Hall–Kier alpha value is -2.20. The molecular formula is C18H18Cl2FN3O4S. The van der Waals surface area contributed by atoms with Crippen molar-refractivity contribution in [3.8, 4) is 0 Å². The SMILES string of the molecule is CN(CC(=O)Nc1ccc(Cl)c(Cl)c1)C(=O)CCNS(=O)(=O)c1ccc(F)cc1. The highest BCUT2D eigenvalue weighted by Crippen LogP contribution is 2.24. The van der Waals surface area contributed by atoms with Crippen LogP contribution in [0.5, 0.6) is 0 Å². The van der Waals surface area contributed by atoms with Gasteiger partial charge in [0.2, 0.25) is 21.8 Å². The maximum absolute atomic E-state index is 12.9. The first-order chi connectivity index (χ1) is 13.6. The number of benzene rings is 2. The molecule has 2 N–H and O–H groups in total. The second-order valence-corrected chi connectivity index (χ2v) is 8.61. The molecule has 0 saturated heterocycles. The van der Waals surface area contributed by atoms with Crippen LogP contribution in [-0.2, 0) is 19.6 Å². The Kier molecular flexibility index (Phi) is 7.97. The molecule has 0 bridgehead atoms. The monoisotopic (exact) mass is 461 g/mol. The number of anilines is 1. The molecule has 2 amide bonds. The fourth-order valence-corrected chi connectivity index (χ4v) is 3.59. The maximum Gasteiger partial charge on any atom is 0.243 e. The Morgan fingerprint density at radius 3 is 2.34 bits per heavy atom. The number of likely N-dealkylation sites (N-methyl/N-ethyl adjacent to an activating group) is 1. The van der Waals surface area contributed by atoms with Crippen LogP contribution in [0.3, 0.4) is 0 Å². The normalized spacial score (nSPS) is 11.2. The lowest BCUT2D eigenvalue weighted by atomic mass is 10.3. The second kappa shape index (κ2) is 10.0. The summed E-state index contributed by atoms with van der Waals surface area (Å²) in [7, 11) is -2.44. The van der Waals surface area contributed by atoms with Gasteiger partial charge in [-0.1, -0.05) is 23.2 Å². The van der Waals surface area contributed by atoms with E-state index in [1.807, 2.05) is 0 Å². The number of nitrogens with zero attached hydrogens (tertiary/aromatic N) is 1. The molecule has 0 aliphatic carbocycles. The summed E-state index contributed by atoms with van der Waals surface area (Å²) >= 11 is 11.7. The molecule has 0 aromatic heterocycles. The van der Waals surface area contributed by atoms with E-state index in [0.717, 1.165) is 24.3 Å². The summed E-state index contributed by atoms with van der Waals surface area (Å²) in [5.41, 5.74) is 0.428. The Bertz CT molecular complexity index is 1000. The highest BCUT2D eigenvalue weighted by atomic mass is 35.5. The molecule has 156 valence electrons. The van der Waals surface area contributed by atoms with Crippen molar-refractivity contribution >= 4 is 50.7 Å². The number of amides is 2. The van der Waals surface area contributed by atoms with E-state index in [9.17, 15) is 22.4 Å². The van der Waals surface area contributed by atoms with Crippen LogP contribution in [-0.4, -0.2) is 45.3 Å². The average Bonchev–Trinajstić information content (AvgIpc) is 2.64. The van der Waals surface area contributed by atoms with E-state index in [4.69, 9.17) is 23.2 Å². The van der Waals surface area contributed by atoms with Crippen molar-refractivity contribution in [1.82, 2.24) is 9.62 Å². The van der Waals surface area contributed by atoms with Crippen LogP contribution < -0.4 is 10.0 Å². The Balaban J connectivity index is 1.81. The van der Waals surface area contributed by atoms with Crippen LogP contribution >= 0.6 is 23.2 Å². The lowest BCUT2D eigenvalue weighted by Gasteiger charge is -2.17. The van der Waals surface area contributed by atoms with Gasteiger partial charge in [-0.2, -0.15) is 0 Å². The van der Waals surface area contributed by atoms with Crippen LogP contribution in [0.15, 0.2) is 47.4 Å². The van der Waals surface area contributed by atoms with Crippen molar-refractivity contribution in [1.29, 1.82) is 0 Å². The van der Waals surface area contributed by atoms with Gasteiger partial charge in [0.15, 0.2) is 0 Å². The predicted molar refractivity (Wildman–Crippen MR) is 109 cm³/mol. The van der Waals surface area contributed by atoms with E-state index in [0.29, 0.717) is 10.7 Å². The molecule has 2 aromatic carbocycles. The van der Waals surface area contributed by atoms with Gasteiger partial charge in [-0.3, -0.25) is 9.59 Å². The first kappa shape index (κ1) is 23.1. The van der Waals surface area contributed by atoms with Gasteiger partial charge >= 0.3 is 0 Å². The zero-order valence-corrected chi connectivity index (χ0v) is 17.6. The zero-order chi connectivity index (χ0) is 21.6. The molecule has 0 saturated carbocycles. The number of hydrogen-bond acceptors (Lipinski definition) is 4. The minimum absolute atomic E-state index is 0.110. The summed E-state index contributed by atoms with van der Waals surface area (Å²) in [6, 6.07) is 8.88. The van der Waals surface area contributed by atoms with Crippen LogP contribution in [0.4, 0.5) is 10.1 Å². The molecule has 0 heterocycles. The predicted octanol–water partition coefficient (Wildman–Crippen LogP) is 2.90. The van der Waals surface area contributed by atoms with Crippen LogP contribution in [0, 0.1) is 5.82 Å². The standard InChI is InChI=1S/C18H18Cl2FN3O4S/c1-24(11-17(25)23-13-4-7-15(19)16(20)10-13)18(26)8-9-22-29(27,28)14-5-2-12(21)3-6-14/h2-7,10,22H,8-9,11H2,1H3,(H,23,25). The van der Waals surface area contributed by atoms with Crippen molar-refractivity contribution in [2.24, 2.45) is 0 Å². The molecule has 29 heavy (non-hydrogen) atoms. The first-order valence-corrected chi connectivity index (χ1v) is 10.6. The van der Waals surface area contributed by atoms with E-state index < -0.39 is 27.7 Å². The van der Waals surface area contributed by atoms with Gasteiger partial charge in [0.25, 0.3) is 0 Å². The highest BCUT2D eigenvalue weighted by molar-refractivity contribution is 7.89. The molecule has 7 nitrogen and oxygen atoms in total. The molecule has 0 aliphatic rings. The van der Waals surface area contributed by atoms with Crippen LogP contribution in [0.2, 0.25) is 10.0 Å². The molecule has 2 rings (SSSR count). The summed E-state index contributed by atoms with van der Waals surface area (Å²) in [5, 5.41) is 3.21. The summed E-state index contributed by atoms with van der Waals surface area (Å²) in [4.78, 5) is 25.2. The quantitative estimate of drug-likeness (QED) is 0.631. The third kappa shape index (κ3) is 6.97. The highest BCUT2D eigenvalue weighted by Gasteiger charge is 2.17. The van der Waals surface area contributed by atoms with Crippen LogP contribution in [0.1, 0.15) is 6.42 Å². The molecule has 0 aliphatic heterocycles.